The van der Waals surface area contributed by atoms with E-state index in [0.29, 0.717) is 25.7 Å². The summed E-state index contributed by atoms with van der Waals surface area (Å²) in [4.78, 5) is 11.2. The van der Waals surface area contributed by atoms with Crippen LogP contribution in [0, 0.1) is 23.2 Å². The lowest BCUT2D eigenvalue weighted by atomic mass is 9.79. The van der Waals surface area contributed by atoms with Crippen LogP contribution in [0.15, 0.2) is 24.3 Å². The number of halogens is 1. The van der Waals surface area contributed by atoms with Gasteiger partial charge in [0.1, 0.15) is 6.17 Å². The lowest BCUT2D eigenvalue weighted by Gasteiger charge is -2.36. The molecule has 202 valence electrons. The molecule has 0 amide bonds. The predicted molar refractivity (Wildman–Crippen MR) is 138 cm³/mol. The van der Waals surface area contributed by atoms with Gasteiger partial charge in [-0.15, -0.1) is 0 Å². The van der Waals surface area contributed by atoms with E-state index in [2.05, 4.69) is 44.6 Å². The molecule has 0 aromatic heterocycles. The number of methoxy groups -OCH3 is 1. The maximum absolute atomic E-state index is 15.3. The van der Waals surface area contributed by atoms with Crippen molar-refractivity contribution < 1.29 is 28.5 Å². The summed E-state index contributed by atoms with van der Waals surface area (Å²) in [6.45, 7) is 9.50. The van der Waals surface area contributed by atoms with Crippen LogP contribution in [-0.2, 0) is 19.0 Å². The van der Waals surface area contributed by atoms with Gasteiger partial charge in [0, 0.05) is 18.9 Å². The third kappa shape index (κ3) is 9.62. The highest BCUT2D eigenvalue weighted by atomic mass is 19.1. The van der Waals surface area contributed by atoms with Gasteiger partial charge in [-0.25, -0.2) is 4.39 Å². The van der Waals surface area contributed by atoms with Crippen molar-refractivity contribution in [1.29, 1.82) is 0 Å². The molecule has 1 saturated heterocycles. The molecule has 1 aliphatic heterocycles. The topological polar surface area (TPSA) is 65.0 Å². The van der Waals surface area contributed by atoms with Crippen LogP contribution in [0.4, 0.5) is 4.39 Å². The number of alkyl halides is 1. The van der Waals surface area contributed by atoms with E-state index in [9.17, 15) is 9.90 Å². The molecule has 1 aliphatic carbocycles. The Morgan fingerprint density at radius 3 is 2.69 bits per heavy atom. The number of hydrogen-bond donors (Lipinski definition) is 1. The van der Waals surface area contributed by atoms with Crippen molar-refractivity contribution in [3.05, 3.63) is 24.3 Å². The largest absolute Gasteiger partial charge is 0.469 e. The van der Waals surface area contributed by atoms with Crippen LogP contribution in [0.2, 0.25) is 0 Å². The first kappa shape index (κ1) is 30.0. The molecule has 2 unspecified atom stereocenters. The number of ether oxygens (including phenoxy) is 3. The van der Waals surface area contributed by atoms with Crippen LogP contribution in [0.25, 0.3) is 0 Å². The summed E-state index contributed by atoms with van der Waals surface area (Å²) in [6.07, 6.45) is 13.9. The lowest BCUT2D eigenvalue weighted by molar-refractivity contribution is -0.197. The number of hydrogen-bond acceptors (Lipinski definition) is 5. The van der Waals surface area contributed by atoms with E-state index in [-0.39, 0.29) is 35.6 Å². The highest BCUT2D eigenvalue weighted by Gasteiger charge is 2.43. The van der Waals surface area contributed by atoms with Crippen molar-refractivity contribution >= 4 is 5.97 Å². The highest BCUT2D eigenvalue weighted by Crippen LogP contribution is 2.42. The lowest BCUT2D eigenvalue weighted by Crippen LogP contribution is -2.36. The number of esters is 1. The zero-order chi connectivity index (χ0) is 25.8. The van der Waals surface area contributed by atoms with Gasteiger partial charge in [0.2, 0.25) is 0 Å². The molecule has 5 nitrogen and oxygen atoms in total. The molecule has 1 N–H and O–H groups in total. The Labute approximate surface area is 212 Å². The molecular formula is C29H49FO5. The summed E-state index contributed by atoms with van der Waals surface area (Å²) in [7, 11) is 1.37. The average molecular weight is 497 g/mol. The van der Waals surface area contributed by atoms with Crippen LogP contribution in [0.3, 0.4) is 0 Å². The molecule has 35 heavy (non-hydrogen) atoms. The first-order valence-corrected chi connectivity index (χ1v) is 13.7. The Kier molecular flexibility index (Phi) is 12.9. The first-order chi connectivity index (χ1) is 16.7. The summed E-state index contributed by atoms with van der Waals surface area (Å²) in [5.74, 6) is -0.622. The average Bonchev–Trinajstić information content (AvgIpc) is 3.12. The van der Waals surface area contributed by atoms with Crippen molar-refractivity contribution in [3.63, 3.8) is 0 Å². The number of unbranched alkanes of at least 4 members (excludes halogenated alkanes) is 2. The molecule has 2 aliphatic rings. The zero-order valence-electron chi connectivity index (χ0n) is 22.6. The summed E-state index contributed by atoms with van der Waals surface area (Å²) < 4.78 is 32.3. The molecule has 1 heterocycles. The van der Waals surface area contributed by atoms with E-state index in [4.69, 9.17) is 9.47 Å². The summed E-state index contributed by atoms with van der Waals surface area (Å²) in [5, 5.41) is 10.7. The maximum Gasteiger partial charge on any atom is 0.305 e. The molecule has 1 saturated carbocycles. The number of rotatable bonds is 14. The van der Waals surface area contributed by atoms with Gasteiger partial charge in [0.05, 0.1) is 19.3 Å². The number of carbonyl (C=O) groups is 1. The Hall–Kier alpha value is -1.24. The van der Waals surface area contributed by atoms with E-state index in [1.54, 1.807) is 12.2 Å². The van der Waals surface area contributed by atoms with Crippen LogP contribution in [-0.4, -0.2) is 49.5 Å². The molecule has 0 aromatic rings. The smallest absolute Gasteiger partial charge is 0.305 e. The molecule has 0 spiro atoms. The number of carbonyl (C=O) groups excluding carboxylic acids is 1. The minimum Gasteiger partial charge on any atom is -0.469 e. The molecule has 0 aromatic carbocycles. The van der Waals surface area contributed by atoms with Crippen molar-refractivity contribution in [2.24, 2.45) is 23.2 Å². The Morgan fingerprint density at radius 2 is 2.03 bits per heavy atom. The third-order valence-corrected chi connectivity index (χ3v) is 7.72. The van der Waals surface area contributed by atoms with E-state index < -0.39 is 18.2 Å². The van der Waals surface area contributed by atoms with Crippen LogP contribution in [0.1, 0.15) is 91.9 Å². The predicted octanol–water partition coefficient (Wildman–Crippen LogP) is 6.54. The van der Waals surface area contributed by atoms with Crippen molar-refractivity contribution in [3.8, 4) is 0 Å². The molecule has 7 atom stereocenters. The van der Waals surface area contributed by atoms with Gasteiger partial charge in [-0.05, 0) is 62.2 Å². The second-order valence-corrected chi connectivity index (χ2v) is 11.1. The second kappa shape index (κ2) is 15.1. The number of aliphatic hydroxyl groups excluding tert-OH is 1. The standard InChI is InChI=1S/C29H49FO5/c1-6-7-18-29(3,4)25(35-27-15-11-12-19-34-27)17-16-22-21(2)20-24(31)28(22)23(30)13-9-8-10-14-26(32)33-5/h9,13,16-17,21-25,27-28,31H,6-8,10-12,14-15,18-20H2,1-5H3/b13-9-,17-16+/t21-,22+,23?,24+,25-,27?,28+/m1/s1. The van der Waals surface area contributed by atoms with Gasteiger partial charge in [-0.3, -0.25) is 4.79 Å². The van der Waals surface area contributed by atoms with Crippen molar-refractivity contribution in [2.75, 3.05) is 13.7 Å². The summed E-state index contributed by atoms with van der Waals surface area (Å²) in [6, 6.07) is 0. The van der Waals surface area contributed by atoms with Gasteiger partial charge in [-0.1, -0.05) is 64.8 Å². The van der Waals surface area contributed by atoms with E-state index in [0.717, 1.165) is 45.1 Å². The fourth-order valence-electron chi connectivity index (χ4n) is 5.37. The molecule has 2 fully saturated rings. The fraction of sp³-hybridized carbons (Fsp3) is 0.828. The van der Waals surface area contributed by atoms with Gasteiger partial charge >= 0.3 is 5.97 Å². The Morgan fingerprint density at radius 1 is 1.26 bits per heavy atom. The van der Waals surface area contributed by atoms with Gasteiger partial charge in [0.25, 0.3) is 0 Å². The van der Waals surface area contributed by atoms with Gasteiger partial charge in [-0.2, -0.15) is 0 Å². The fourth-order valence-corrected chi connectivity index (χ4v) is 5.37. The van der Waals surface area contributed by atoms with E-state index >= 15 is 4.39 Å². The van der Waals surface area contributed by atoms with Crippen molar-refractivity contribution in [2.45, 2.75) is 117 Å². The molecule has 0 radical (unpaired) electrons. The number of allylic oxidation sites excluding steroid dienone is 3. The van der Waals surface area contributed by atoms with Crippen LogP contribution >= 0.6 is 0 Å². The number of aliphatic hydroxyl groups is 1. The molecule has 6 heteroatoms. The third-order valence-electron chi connectivity index (χ3n) is 7.72. The first-order valence-electron chi connectivity index (χ1n) is 13.7. The normalized spacial score (nSPS) is 29.6. The minimum absolute atomic E-state index is 0.0694. The van der Waals surface area contributed by atoms with Gasteiger partial charge < -0.3 is 19.3 Å². The van der Waals surface area contributed by atoms with Crippen LogP contribution in [0.5, 0.6) is 0 Å². The van der Waals surface area contributed by atoms with E-state index in [1.165, 1.54) is 7.11 Å². The van der Waals surface area contributed by atoms with E-state index in [1.807, 2.05) is 0 Å². The monoisotopic (exact) mass is 496 g/mol. The highest BCUT2D eigenvalue weighted by molar-refractivity contribution is 5.69. The Bertz CT molecular complexity index is 670. The summed E-state index contributed by atoms with van der Waals surface area (Å²) in [5.41, 5.74) is -0.0715. The minimum atomic E-state index is -1.24. The van der Waals surface area contributed by atoms with Crippen LogP contribution < -0.4 is 0 Å². The quantitative estimate of drug-likeness (QED) is 0.168. The second-order valence-electron chi connectivity index (χ2n) is 11.1. The molecule has 0 bridgehead atoms. The maximum atomic E-state index is 15.3. The Balaban J connectivity index is 2.09. The summed E-state index contributed by atoms with van der Waals surface area (Å²) >= 11 is 0. The zero-order valence-corrected chi connectivity index (χ0v) is 22.6. The van der Waals surface area contributed by atoms with Gasteiger partial charge in [0.15, 0.2) is 6.29 Å². The molecular weight excluding hydrogens is 447 g/mol. The van der Waals surface area contributed by atoms with Crippen molar-refractivity contribution in [1.82, 2.24) is 0 Å². The molecule has 2 rings (SSSR count). The SMILES string of the molecule is CCCCC(C)(C)[C@@H](/C=C/[C@@H]1[C@@H](C(F)/C=C\CCCC(=O)OC)[C@@H](O)C[C@H]1C)OC1CCCCO1.